The largest absolute Gasteiger partial charge is 0.477 e. The van der Waals surface area contributed by atoms with E-state index in [1.165, 1.54) is 22.5 Å². The van der Waals surface area contributed by atoms with Crippen molar-refractivity contribution in [3.05, 3.63) is 41.1 Å². The van der Waals surface area contributed by atoms with E-state index in [1.807, 2.05) is 0 Å². The molecular weight excluding hydrogens is 552 g/mol. The number of amides is 5. The number of nitrogens with two attached hydrogens (primary N) is 3. The zero-order valence-corrected chi connectivity index (χ0v) is 21.8. The Kier molecular flexibility index (Phi) is 8.36. The molecule has 0 aliphatic carbocycles. The molecule has 2 unspecified atom stereocenters. The summed E-state index contributed by atoms with van der Waals surface area (Å²) in [6.45, 7) is 0.173. The van der Waals surface area contributed by atoms with E-state index in [-0.39, 0.29) is 30.2 Å². The second-order valence-electron chi connectivity index (χ2n) is 8.44. The van der Waals surface area contributed by atoms with Gasteiger partial charge in [0.05, 0.1) is 6.54 Å². The molecule has 1 aromatic carbocycles. The van der Waals surface area contributed by atoms with Gasteiger partial charge in [-0.25, -0.2) is 14.3 Å². The van der Waals surface area contributed by atoms with E-state index in [2.05, 4.69) is 26.2 Å². The molecule has 0 saturated carbocycles. The maximum Gasteiger partial charge on any atom is 0.352 e. The SMILES string of the molecule is NC(=O)CCn1nnnc1SCC1=C(C(=O)O)N2C(=O)C(NC(=O)C(N)c3cccc(NC(N)=O)c3)[C@H]2SC1. The number of nitrogens with zero attached hydrogens (tertiary/aromatic N) is 5. The summed E-state index contributed by atoms with van der Waals surface area (Å²) in [5.74, 6) is -2.56. The van der Waals surface area contributed by atoms with Crippen LogP contribution in [0.25, 0.3) is 0 Å². The van der Waals surface area contributed by atoms with Crippen LogP contribution in [-0.2, 0) is 25.7 Å². The van der Waals surface area contributed by atoms with Crippen molar-refractivity contribution in [2.24, 2.45) is 17.2 Å². The molecule has 2 aromatic rings. The van der Waals surface area contributed by atoms with Gasteiger partial charge in [0.1, 0.15) is 23.2 Å². The molecule has 1 fully saturated rings. The Hall–Kier alpha value is -4.16. The molecule has 2 aliphatic rings. The number of carboxylic acids is 1. The Morgan fingerprint density at radius 3 is 2.72 bits per heavy atom. The van der Waals surface area contributed by atoms with E-state index in [0.29, 0.717) is 22.0 Å². The molecule has 0 spiro atoms. The number of tetrazole rings is 1. The number of carbonyl (C=O) groups excluding carboxylic acids is 4. The Bertz CT molecular complexity index is 1360. The number of primary amides is 2. The zero-order valence-electron chi connectivity index (χ0n) is 20.1. The van der Waals surface area contributed by atoms with E-state index in [9.17, 15) is 29.1 Å². The van der Waals surface area contributed by atoms with Gasteiger partial charge in [-0.1, -0.05) is 23.9 Å². The van der Waals surface area contributed by atoms with Gasteiger partial charge in [-0.2, -0.15) is 0 Å². The molecule has 39 heavy (non-hydrogen) atoms. The van der Waals surface area contributed by atoms with Gasteiger partial charge in [0.15, 0.2) is 0 Å². The first-order chi connectivity index (χ1) is 18.6. The third-order valence-electron chi connectivity index (χ3n) is 5.79. The number of hydrogen-bond donors (Lipinski definition) is 6. The molecule has 2 aliphatic heterocycles. The monoisotopic (exact) mass is 576 g/mol. The number of rotatable bonds is 11. The first kappa shape index (κ1) is 27.9. The van der Waals surface area contributed by atoms with Crippen LogP contribution in [0.5, 0.6) is 0 Å². The van der Waals surface area contributed by atoms with Crippen LogP contribution in [0, 0.1) is 0 Å². The Morgan fingerprint density at radius 1 is 1.26 bits per heavy atom. The molecule has 3 heterocycles. The van der Waals surface area contributed by atoms with E-state index in [0.717, 1.165) is 16.7 Å². The fourth-order valence-electron chi connectivity index (χ4n) is 3.95. The van der Waals surface area contributed by atoms with Crippen molar-refractivity contribution in [3.8, 4) is 0 Å². The average Bonchev–Trinajstić information content (AvgIpc) is 3.35. The summed E-state index contributed by atoms with van der Waals surface area (Å²) in [4.78, 5) is 61.2. The van der Waals surface area contributed by atoms with E-state index < -0.39 is 47.2 Å². The van der Waals surface area contributed by atoms with Gasteiger partial charge < -0.3 is 32.9 Å². The van der Waals surface area contributed by atoms with Crippen LogP contribution in [0.4, 0.5) is 10.5 Å². The quantitative estimate of drug-likeness (QED) is 0.133. The highest BCUT2D eigenvalue weighted by molar-refractivity contribution is 8.01. The first-order valence-corrected chi connectivity index (χ1v) is 13.4. The summed E-state index contributed by atoms with van der Waals surface area (Å²) in [7, 11) is 0. The third-order valence-corrected chi connectivity index (χ3v) is 8.17. The number of hydrogen-bond acceptors (Lipinski definition) is 11. The second kappa shape index (κ2) is 11.7. The summed E-state index contributed by atoms with van der Waals surface area (Å²) in [6.07, 6.45) is 0.0357. The van der Waals surface area contributed by atoms with Crippen molar-refractivity contribution in [1.82, 2.24) is 30.4 Å². The van der Waals surface area contributed by atoms with Crippen molar-refractivity contribution in [3.63, 3.8) is 0 Å². The molecule has 9 N–H and O–H groups in total. The zero-order chi connectivity index (χ0) is 28.3. The van der Waals surface area contributed by atoms with Crippen molar-refractivity contribution < 1.29 is 29.1 Å². The fourth-order valence-corrected chi connectivity index (χ4v) is 6.34. The topological polar surface area (TPSA) is 255 Å². The molecule has 206 valence electrons. The van der Waals surface area contributed by atoms with Crippen molar-refractivity contribution in [1.29, 1.82) is 0 Å². The van der Waals surface area contributed by atoms with Gasteiger partial charge in [0.2, 0.25) is 17.0 Å². The minimum Gasteiger partial charge on any atom is -0.477 e. The number of aliphatic carboxylic acids is 1. The number of carboxylic acid groups (broad SMARTS) is 1. The number of thioether (sulfide) groups is 2. The number of aromatic nitrogens is 4. The van der Waals surface area contributed by atoms with Crippen LogP contribution in [0.2, 0.25) is 0 Å². The average molecular weight is 577 g/mol. The standard InChI is InChI=1S/C21H24N10O6S2/c22-12(32)4-5-30-21(27-28-29-30)39-8-10-7-38-18-14(17(34)31(18)15(10)19(35)36)26-16(33)13(23)9-2-1-3-11(6-9)25-20(24)37/h1-3,6,13-14,18H,4-5,7-8,23H2,(H2,22,32)(H,26,33)(H,35,36)(H3,24,25,37)/t13?,14?,18-/m1/s1. The molecular formula is C21H24N10O6S2. The highest BCUT2D eigenvalue weighted by Crippen LogP contribution is 2.41. The minimum absolute atomic E-state index is 0.0357. The van der Waals surface area contributed by atoms with Crippen molar-refractivity contribution in [2.45, 2.75) is 35.6 Å². The van der Waals surface area contributed by atoms with Gasteiger partial charge >= 0.3 is 12.0 Å². The van der Waals surface area contributed by atoms with Crippen LogP contribution in [0.15, 0.2) is 40.7 Å². The van der Waals surface area contributed by atoms with Gasteiger partial charge in [-0.3, -0.25) is 19.3 Å². The lowest BCUT2D eigenvalue weighted by Crippen LogP contribution is -2.71. The number of nitrogens with one attached hydrogen (secondary N) is 2. The summed E-state index contributed by atoms with van der Waals surface area (Å²) in [5.41, 5.74) is 17.4. The van der Waals surface area contributed by atoms with Gasteiger partial charge in [-0.15, -0.1) is 16.9 Å². The van der Waals surface area contributed by atoms with E-state index in [1.54, 1.807) is 18.2 Å². The second-order valence-corrected chi connectivity index (χ2v) is 10.5. The molecule has 18 heteroatoms. The lowest BCUT2D eigenvalue weighted by atomic mass is 10.0. The molecule has 1 aromatic heterocycles. The predicted octanol–water partition coefficient (Wildman–Crippen LogP) is -1.43. The van der Waals surface area contributed by atoms with Crippen LogP contribution in [-0.4, -0.2) is 82.9 Å². The lowest BCUT2D eigenvalue weighted by Gasteiger charge is -2.49. The van der Waals surface area contributed by atoms with Crippen LogP contribution < -0.4 is 27.8 Å². The molecule has 0 bridgehead atoms. The summed E-state index contributed by atoms with van der Waals surface area (Å²) in [6, 6.07) is 3.32. The smallest absolute Gasteiger partial charge is 0.352 e. The maximum absolute atomic E-state index is 13.0. The molecule has 16 nitrogen and oxygen atoms in total. The van der Waals surface area contributed by atoms with E-state index in [4.69, 9.17) is 17.2 Å². The minimum atomic E-state index is -1.28. The highest BCUT2D eigenvalue weighted by atomic mass is 32.2. The normalized spacial score (nSPS) is 19.1. The summed E-state index contributed by atoms with van der Waals surface area (Å²) >= 11 is 2.46. The molecule has 4 rings (SSSR count). The number of carbonyl (C=O) groups is 5. The van der Waals surface area contributed by atoms with Crippen LogP contribution >= 0.6 is 23.5 Å². The number of anilines is 1. The first-order valence-electron chi connectivity index (χ1n) is 11.4. The summed E-state index contributed by atoms with van der Waals surface area (Å²) in [5, 5.41) is 25.9. The molecule has 1 saturated heterocycles. The van der Waals surface area contributed by atoms with Gasteiger partial charge in [-0.05, 0) is 33.7 Å². The van der Waals surface area contributed by atoms with Gasteiger partial charge in [0.25, 0.3) is 5.91 Å². The number of fused-ring (bicyclic) bond motifs is 1. The Balaban J connectivity index is 1.42. The summed E-state index contributed by atoms with van der Waals surface area (Å²) < 4.78 is 1.39. The highest BCUT2D eigenvalue weighted by Gasteiger charge is 2.54. The number of benzene rings is 1. The molecule has 0 radical (unpaired) electrons. The van der Waals surface area contributed by atoms with Crippen molar-refractivity contribution >= 4 is 58.9 Å². The number of aryl methyl sites for hydroxylation is 1. The van der Waals surface area contributed by atoms with Crippen LogP contribution in [0.1, 0.15) is 18.0 Å². The van der Waals surface area contributed by atoms with E-state index >= 15 is 0 Å². The maximum atomic E-state index is 13.0. The van der Waals surface area contributed by atoms with Gasteiger partial charge in [0, 0.05) is 23.6 Å². The lowest BCUT2D eigenvalue weighted by molar-refractivity contribution is -0.150. The number of β-lactam (4-membered cyclic amide) rings is 1. The van der Waals surface area contributed by atoms with Crippen molar-refractivity contribution in [2.75, 3.05) is 16.8 Å². The Morgan fingerprint density at radius 2 is 2.03 bits per heavy atom. The fraction of sp³-hybridized carbons (Fsp3) is 0.333. The molecule has 3 atom stereocenters. The predicted molar refractivity (Wildman–Crippen MR) is 139 cm³/mol. The van der Waals surface area contributed by atoms with Crippen LogP contribution in [0.3, 0.4) is 0 Å². The molecule has 5 amide bonds. The third kappa shape index (κ3) is 6.13. The number of urea groups is 1. The Labute approximate surface area is 229 Å².